The Morgan fingerprint density at radius 1 is 1.33 bits per heavy atom. The molecule has 1 atom stereocenters. The highest BCUT2D eigenvalue weighted by molar-refractivity contribution is 5.55. The molecule has 0 aliphatic carbocycles. The van der Waals surface area contributed by atoms with E-state index in [4.69, 9.17) is 9.26 Å². The number of aromatic nitrogens is 2. The average molecular weight is 248 g/mol. The maximum absolute atomic E-state index is 9.20. The van der Waals surface area contributed by atoms with Gasteiger partial charge in [-0.3, -0.25) is 0 Å². The summed E-state index contributed by atoms with van der Waals surface area (Å²) in [4.78, 5) is 4.30. The van der Waals surface area contributed by atoms with Gasteiger partial charge in [-0.15, -0.1) is 0 Å². The van der Waals surface area contributed by atoms with Crippen LogP contribution in [0.5, 0.6) is 5.75 Å². The van der Waals surface area contributed by atoms with Crippen molar-refractivity contribution < 1.29 is 14.4 Å². The van der Waals surface area contributed by atoms with Gasteiger partial charge in [0.2, 0.25) is 11.7 Å². The van der Waals surface area contributed by atoms with Gasteiger partial charge in [0.1, 0.15) is 5.75 Å². The lowest BCUT2D eigenvalue weighted by Crippen LogP contribution is -2.05. The number of nitrogens with zero attached hydrogens (tertiary/aromatic N) is 2. The van der Waals surface area contributed by atoms with Crippen LogP contribution in [-0.4, -0.2) is 28.5 Å². The Morgan fingerprint density at radius 3 is 2.72 bits per heavy atom. The van der Waals surface area contributed by atoms with Crippen LogP contribution in [0.3, 0.4) is 0 Å². The van der Waals surface area contributed by atoms with Crippen LogP contribution in [0.4, 0.5) is 0 Å². The topological polar surface area (TPSA) is 68.4 Å². The van der Waals surface area contributed by atoms with E-state index < -0.39 is 0 Å². The van der Waals surface area contributed by atoms with Gasteiger partial charge in [0.15, 0.2) is 0 Å². The average Bonchev–Trinajstić information content (AvgIpc) is 2.85. The van der Waals surface area contributed by atoms with Gasteiger partial charge in [0.05, 0.1) is 6.10 Å². The first-order valence-electron chi connectivity index (χ1n) is 5.84. The first-order chi connectivity index (χ1) is 8.69. The van der Waals surface area contributed by atoms with Gasteiger partial charge in [-0.25, -0.2) is 0 Å². The van der Waals surface area contributed by atoms with E-state index >= 15 is 0 Å². The minimum absolute atomic E-state index is 0.175. The summed E-state index contributed by atoms with van der Waals surface area (Å²) >= 11 is 0. The number of methoxy groups -OCH3 is 1. The second-order valence-corrected chi connectivity index (χ2v) is 4.14. The summed E-state index contributed by atoms with van der Waals surface area (Å²) in [5.74, 6) is 1.36. The molecular formula is C13H16N2O3. The van der Waals surface area contributed by atoms with Crippen LogP contribution < -0.4 is 0 Å². The van der Waals surface area contributed by atoms with Gasteiger partial charge >= 0.3 is 0 Å². The van der Waals surface area contributed by atoms with E-state index in [0.717, 1.165) is 12.0 Å². The fraction of sp³-hybridized carbons (Fsp3) is 0.385. The largest absolute Gasteiger partial charge is 0.508 e. The van der Waals surface area contributed by atoms with E-state index in [-0.39, 0.29) is 11.9 Å². The van der Waals surface area contributed by atoms with Gasteiger partial charge in [0, 0.05) is 19.1 Å². The van der Waals surface area contributed by atoms with Crippen molar-refractivity contribution in [2.24, 2.45) is 0 Å². The Morgan fingerprint density at radius 2 is 2.06 bits per heavy atom. The molecule has 2 aromatic rings. The highest BCUT2D eigenvalue weighted by Gasteiger charge is 2.10. The standard InChI is InChI=1S/C13H16N2O3/c1-9(17-2)3-8-12-14-13(15-18-12)10-4-6-11(16)7-5-10/h4-7,9,16H,3,8H2,1-2H3. The Balaban J connectivity index is 2.03. The zero-order valence-electron chi connectivity index (χ0n) is 10.5. The van der Waals surface area contributed by atoms with Crippen molar-refractivity contribution in [3.05, 3.63) is 30.2 Å². The summed E-state index contributed by atoms with van der Waals surface area (Å²) in [6.45, 7) is 2.00. The third-order valence-corrected chi connectivity index (χ3v) is 2.76. The Labute approximate surface area is 105 Å². The second kappa shape index (κ2) is 5.64. The predicted molar refractivity (Wildman–Crippen MR) is 66.2 cm³/mol. The van der Waals surface area contributed by atoms with Gasteiger partial charge < -0.3 is 14.4 Å². The maximum Gasteiger partial charge on any atom is 0.227 e. The lowest BCUT2D eigenvalue weighted by Gasteiger charge is -2.05. The number of hydrogen-bond acceptors (Lipinski definition) is 5. The maximum atomic E-state index is 9.20. The number of phenols is 1. The summed E-state index contributed by atoms with van der Waals surface area (Å²) in [7, 11) is 1.68. The summed E-state index contributed by atoms with van der Waals surface area (Å²) in [5, 5.41) is 13.1. The van der Waals surface area contributed by atoms with Crippen LogP contribution in [0.15, 0.2) is 28.8 Å². The minimum Gasteiger partial charge on any atom is -0.508 e. The van der Waals surface area contributed by atoms with Crippen LogP contribution in [-0.2, 0) is 11.2 Å². The minimum atomic E-state index is 0.175. The Bertz CT molecular complexity index is 493. The zero-order valence-corrected chi connectivity index (χ0v) is 10.5. The lowest BCUT2D eigenvalue weighted by atomic mass is 10.2. The van der Waals surface area contributed by atoms with Crippen molar-refractivity contribution >= 4 is 0 Å². The molecule has 1 unspecified atom stereocenters. The molecule has 1 heterocycles. The molecule has 1 N–H and O–H groups in total. The van der Waals surface area contributed by atoms with Crippen LogP contribution in [0.1, 0.15) is 19.2 Å². The van der Waals surface area contributed by atoms with Crippen LogP contribution >= 0.6 is 0 Å². The molecule has 0 saturated carbocycles. The molecule has 0 fully saturated rings. The Kier molecular flexibility index (Phi) is 3.94. The Hall–Kier alpha value is -1.88. The molecule has 18 heavy (non-hydrogen) atoms. The molecule has 0 aliphatic heterocycles. The fourth-order valence-electron chi connectivity index (χ4n) is 1.53. The van der Waals surface area contributed by atoms with Gasteiger partial charge in [-0.2, -0.15) is 4.98 Å². The normalized spacial score (nSPS) is 12.6. The molecule has 2 rings (SSSR count). The van der Waals surface area contributed by atoms with Crippen molar-refractivity contribution in [3.8, 4) is 17.1 Å². The molecule has 0 bridgehead atoms. The van der Waals surface area contributed by atoms with Crippen molar-refractivity contribution in [1.29, 1.82) is 0 Å². The van der Waals surface area contributed by atoms with E-state index in [0.29, 0.717) is 18.1 Å². The summed E-state index contributed by atoms with van der Waals surface area (Å²) in [6.07, 6.45) is 1.71. The zero-order chi connectivity index (χ0) is 13.0. The molecule has 0 aliphatic rings. The number of benzene rings is 1. The number of hydrogen-bond donors (Lipinski definition) is 1. The number of aromatic hydroxyl groups is 1. The first-order valence-corrected chi connectivity index (χ1v) is 5.84. The summed E-state index contributed by atoms with van der Waals surface area (Å²) < 4.78 is 10.3. The monoisotopic (exact) mass is 248 g/mol. The molecule has 0 amide bonds. The summed E-state index contributed by atoms with van der Waals surface area (Å²) in [6, 6.07) is 6.69. The number of phenolic OH excluding ortho intramolecular Hbond substituents is 1. The lowest BCUT2D eigenvalue weighted by molar-refractivity contribution is 0.109. The molecule has 1 aromatic carbocycles. The van der Waals surface area contributed by atoms with Crippen LogP contribution in [0.2, 0.25) is 0 Å². The van der Waals surface area contributed by atoms with E-state index in [1.54, 1.807) is 31.4 Å². The third kappa shape index (κ3) is 3.07. The van der Waals surface area contributed by atoms with E-state index in [1.165, 1.54) is 0 Å². The first kappa shape index (κ1) is 12.6. The summed E-state index contributed by atoms with van der Waals surface area (Å²) in [5.41, 5.74) is 0.822. The highest BCUT2D eigenvalue weighted by Crippen LogP contribution is 2.19. The number of rotatable bonds is 5. The number of aryl methyl sites for hydroxylation is 1. The smallest absolute Gasteiger partial charge is 0.227 e. The van der Waals surface area contributed by atoms with Crippen LogP contribution in [0, 0.1) is 0 Å². The van der Waals surface area contributed by atoms with Gasteiger partial charge in [-0.05, 0) is 37.6 Å². The van der Waals surface area contributed by atoms with E-state index in [1.807, 2.05) is 6.92 Å². The molecule has 5 nitrogen and oxygen atoms in total. The fourth-order valence-corrected chi connectivity index (χ4v) is 1.53. The van der Waals surface area contributed by atoms with Gasteiger partial charge in [-0.1, -0.05) is 5.16 Å². The van der Waals surface area contributed by atoms with Crippen molar-refractivity contribution in [3.63, 3.8) is 0 Å². The molecule has 5 heteroatoms. The number of ether oxygens (including phenoxy) is 1. The van der Waals surface area contributed by atoms with Crippen LogP contribution in [0.25, 0.3) is 11.4 Å². The molecule has 1 aromatic heterocycles. The predicted octanol–water partition coefficient (Wildman–Crippen LogP) is 2.41. The van der Waals surface area contributed by atoms with E-state index in [9.17, 15) is 5.11 Å². The molecule has 96 valence electrons. The van der Waals surface area contributed by atoms with Gasteiger partial charge in [0.25, 0.3) is 0 Å². The van der Waals surface area contributed by atoms with Crippen molar-refractivity contribution in [2.45, 2.75) is 25.9 Å². The molecule has 0 radical (unpaired) electrons. The second-order valence-electron chi connectivity index (χ2n) is 4.14. The molecular weight excluding hydrogens is 232 g/mol. The molecule has 0 spiro atoms. The van der Waals surface area contributed by atoms with Crippen molar-refractivity contribution in [1.82, 2.24) is 10.1 Å². The quantitative estimate of drug-likeness (QED) is 0.880. The SMILES string of the molecule is COC(C)CCc1nc(-c2ccc(O)cc2)no1. The highest BCUT2D eigenvalue weighted by atomic mass is 16.5. The third-order valence-electron chi connectivity index (χ3n) is 2.76. The van der Waals surface area contributed by atoms with E-state index in [2.05, 4.69) is 10.1 Å². The van der Waals surface area contributed by atoms with Crippen molar-refractivity contribution in [2.75, 3.05) is 7.11 Å². The molecule has 0 saturated heterocycles.